The maximum absolute atomic E-state index is 11.9. The number of morpholine rings is 1. The zero-order chi connectivity index (χ0) is 15.1. The lowest BCUT2D eigenvalue weighted by atomic mass is 10.4. The van der Waals surface area contributed by atoms with Crippen molar-refractivity contribution in [1.82, 2.24) is 15.2 Å². The summed E-state index contributed by atoms with van der Waals surface area (Å²) in [6.45, 7) is 6.60. The first-order valence-corrected chi connectivity index (χ1v) is 7.79. The van der Waals surface area contributed by atoms with E-state index in [1.165, 1.54) is 0 Å². The molecule has 1 N–H and O–H groups in total. The Hall–Kier alpha value is -1.51. The Morgan fingerprint density at radius 1 is 1.48 bits per heavy atom. The molecular formula is C13H19N3O4S. The number of thiazole rings is 1. The Kier molecular flexibility index (Phi) is 6.09. The van der Waals surface area contributed by atoms with E-state index in [4.69, 9.17) is 9.47 Å². The second-order valence-corrected chi connectivity index (χ2v) is 5.33. The fraction of sp³-hybridized carbons (Fsp3) is 0.615. The van der Waals surface area contributed by atoms with Gasteiger partial charge in [0.1, 0.15) is 5.69 Å². The van der Waals surface area contributed by atoms with Crippen LogP contribution in [0.4, 0.5) is 0 Å². The molecule has 1 amide bonds. The van der Waals surface area contributed by atoms with Crippen molar-refractivity contribution < 1.29 is 19.1 Å². The van der Waals surface area contributed by atoms with E-state index in [-0.39, 0.29) is 16.6 Å². The van der Waals surface area contributed by atoms with Gasteiger partial charge in [-0.1, -0.05) is 0 Å². The lowest BCUT2D eigenvalue weighted by molar-refractivity contribution is 0.0383. The number of nitrogens with zero attached hydrogens (tertiary/aromatic N) is 2. The van der Waals surface area contributed by atoms with E-state index < -0.39 is 5.97 Å². The van der Waals surface area contributed by atoms with E-state index in [1.807, 2.05) is 0 Å². The zero-order valence-electron chi connectivity index (χ0n) is 12.0. The maximum atomic E-state index is 11.9. The van der Waals surface area contributed by atoms with E-state index in [2.05, 4.69) is 15.2 Å². The molecule has 1 fully saturated rings. The van der Waals surface area contributed by atoms with Gasteiger partial charge in [0.15, 0.2) is 0 Å². The number of esters is 1. The molecule has 2 rings (SSSR count). The van der Waals surface area contributed by atoms with Crippen LogP contribution in [-0.4, -0.2) is 67.8 Å². The van der Waals surface area contributed by atoms with Crippen LogP contribution in [0.3, 0.4) is 0 Å². The van der Waals surface area contributed by atoms with Crippen molar-refractivity contribution in [3.63, 3.8) is 0 Å². The first kappa shape index (κ1) is 15.9. The molecule has 1 aliphatic heterocycles. The molecule has 1 aromatic rings. The fourth-order valence-corrected chi connectivity index (χ4v) is 2.60. The van der Waals surface area contributed by atoms with E-state index in [1.54, 1.807) is 12.3 Å². The second-order valence-electron chi connectivity index (χ2n) is 4.47. The van der Waals surface area contributed by atoms with Gasteiger partial charge < -0.3 is 14.8 Å². The van der Waals surface area contributed by atoms with Gasteiger partial charge in [-0.25, -0.2) is 9.78 Å². The molecule has 116 valence electrons. The van der Waals surface area contributed by atoms with E-state index >= 15 is 0 Å². The van der Waals surface area contributed by atoms with Crippen molar-refractivity contribution in [2.24, 2.45) is 0 Å². The average molecular weight is 313 g/mol. The molecule has 0 aliphatic carbocycles. The summed E-state index contributed by atoms with van der Waals surface area (Å²) in [6.07, 6.45) is 0. The summed E-state index contributed by atoms with van der Waals surface area (Å²) in [5.41, 5.74) is 0.255. The van der Waals surface area contributed by atoms with Gasteiger partial charge in [-0.05, 0) is 6.92 Å². The molecule has 0 radical (unpaired) electrons. The van der Waals surface area contributed by atoms with Gasteiger partial charge in [0.25, 0.3) is 5.91 Å². The van der Waals surface area contributed by atoms with Gasteiger partial charge in [0, 0.05) is 31.6 Å². The Morgan fingerprint density at radius 3 is 2.95 bits per heavy atom. The van der Waals surface area contributed by atoms with Crippen molar-refractivity contribution >= 4 is 23.2 Å². The van der Waals surface area contributed by atoms with Crippen molar-refractivity contribution in [1.29, 1.82) is 0 Å². The Morgan fingerprint density at radius 2 is 2.24 bits per heavy atom. The average Bonchev–Trinajstić information content (AvgIpc) is 2.98. The summed E-state index contributed by atoms with van der Waals surface area (Å²) in [5, 5.41) is 4.57. The fourth-order valence-electron chi connectivity index (χ4n) is 1.91. The highest BCUT2D eigenvalue weighted by Crippen LogP contribution is 2.11. The van der Waals surface area contributed by atoms with Gasteiger partial charge in [-0.15, -0.1) is 11.3 Å². The molecule has 0 aromatic carbocycles. The van der Waals surface area contributed by atoms with Crippen LogP contribution in [0.2, 0.25) is 0 Å². The summed E-state index contributed by atoms with van der Waals surface area (Å²) < 4.78 is 10.1. The first-order valence-electron chi connectivity index (χ1n) is 6.91. The molecule has 8 heteroatoms. The molecule has 0 bridgehead atoms. The third-order valence-electron chi connectivity index (χ3n) is 3.00. The first-order chi connectivity index (χ1) is 10.2. The molecule has 1 saturated heterocycles. The molecule has 0 saturated carbocycles. The Balaban J connectivity index is 1.76. The molecule has 0 unspecified atom stereocenters. The van der Waals surface area contributed by atoms with Crippen molar-refractivity contribution in [2.75, 3.05) is 46.0 Å². The summed E-state index contributed by atoms with van der Waals surface area (Å²) in [4.78, 5) is 29.6. The molecule has 21 heavy (non-hydrogen) atoms. The molecule has 0 spiro atoms. The molecule has 1 aliphatic rings. The van der Waals surface area contributed by atoms with Crippen LogP contribution in [0, 0.1) is 0 Å². The largest absolute Gasteiger partial charge is 0.461 e. The Bertz CT molecular complexity index is 486. The number of carbonyl (C=O) groups is 2. The van der Waals surface area contributed by atoms with Crippen LogP contribution in [0.15, 0.2) is 5.38 Å². The highest BCUT2D eigenvalue weighted by Gasteiger charge is 2.16. The minimum absolute atomic E-state index is 0.204. The molecular weight excluding hydrogens is 294 g/mol. The normalized spacial score (nSPS) is 15.7. The monoisotopic (exact) mass is 313 g/mol. The number of amides is 1. The predicted octanol–water partition coefficient (Wildman–Crippen LogP) is 0.382. The van der Waals surface area contributed by atoms with E-state index in [0.717, 1.165) is 44.2 Å². The summed E-state index contributed by atoms with van der Waals surface area (Å²) in [6, 6.07) is 0. The van der Waals surface area contributed by atoms with Crippen LogP contribution in [0.25, 0.3) is 0 Å². The van der Waals surface area contributed by atoms with Crippen LogP contribution < -0.4 is 5.32 Å². The molecule has 1 aromatic heterocycles. The third kappa shape index (κ3) is 4.76. The topological polar surface area (TPSA) is 80.8 Å². The second kappa shape index (κ2) is 8.06. The SMILES string of the molecule is CCOC(=O)c1nc(C(=O)NCCN2CCOCC2)cs1. The van der Waals surface area contributed by atoms with Crippen LogP contribution in [0.1, 0.15) is 27.2 Å². The summed E-state index contributed by atoms with van der Waals surface area (Å²) in [5.74, 6) is -0.759. The number of carbonyl (C=O) groups excluding carboxylic acids is 2. The lowest BCUT2D eigenvalue weighted by Crippen LogP contribution is -2.41. The minimum Gasteiger partial charge on any atom is -0.461 e. The molecule has 7 nitrogen and oxygen atoms in total. The standard InChI is InChI=1S/C13H19N3O4S/c1-2-20-13(18)12-15-10(9-21-12)11(17)14-3-4-16-5-7-19-8-6-16/h9H,2-8H2,1H3,(H,14,17). The van der Waals surface area contributed by atoms with Crippen molar-refractivity contribution in [3.8, 4) is 0 Å². The van der Waals surface area contributed by atoms with Crippen LogP contribution in [0.5, 0.6) is 0 Å². The van der Waals surface area contributed by atoms with Gasteiger partial charge >= 0.3 is 5.97 Å². The van der Waals surface area contributed by atoms with E-state index in [0.29, 0.717) is 13.2 Å². The van der Waals surface area contributed by atoms with Gasteiger partial charge in [-0.3, -0.25) is 9.69 Å². The van der Waals surface area contributed by atoms with Crippen molar-refractivity contribution in [2.45, 2.75) is 6.92 Å². The van der Waals surface area contributed by atoms with Gasteiger partial charge in [0.2, 0.25) is 5.01 Å². The van der Waals surface area contributed by atoms with Crippen LogP contribution in [-0.2, 0) is 9.47 Å². The molecule has 0 atom stereocenters. The number of aromatic nitrogens is 1. The van der Waals surface area contributed by atoms with Crippen LogP contribution >= 0.6 is 11.3 Å². The van der Waals surface area contributed by atoms with E-state index in [9.17, 15) is 9.59 Å². The minimum atomic E-state index is -0.491. The zero-order valence-corrected chi connectivity index (χ0v) is 12.8. The summed E-state index contributed by atoms with van der Waals surface area (Å²) >= 11 is 1.11. The number of rotatable bonds is 6. The maximum Gasteiger partial charge on any atom is 0.367 e. The number of hydrogen-bond acceptors (Lipinski definition) is 7. The van der Waals surface area contributed by atoms with Gasteiger partial charge in [-0.2, -0.15) is 0 Å². The summed E-state index contributed by atoms with van der Waals surface area (Å²) in [7, 11) is 0. The quantitative estimate of drug-likeness (QED) is 0.765. The number of hydrogen-bond donors (Lipinski definition) is 1. The third-order valence-corrected chi connectivity index (χ3v) is 3.83. The molecule has 2 heterocycles. The van der Waals surface area contributed by atoms with Crippen molar-refractivity contribution in [3.05, 3.63) is 16.1 Å². The predicted molar refractivity (Wildman–Crippen MR) is 77.7 cm³/mol. The smallest absolute Gasteiger partial charge is 0.367 e. The Labute approximate surface area is 127 Å². The lowest BCUT2D eigenvalue weighted by Gasteiger charge is -2.26. The number of ether oxygens (including phenoxy) is 2. The highest BCUT2D eigenvalue weighted by molar-refractivity contribution is 7.11. The van der Waals surface area contributed by atoms with Gasteiger partial charge in [0.05, 0.1) is 19.8 Å². The number of nitrogens with one attached hydrogen (secondary N) is 1. The highest BCUT2D eigenvalue weighted by atomic mass is 32.1.